The lowest BCUT2D eigenvalue weighted by Crippen LogP contribution is -2.36. The number of piperidine rings is 1. The number of carbonyl (C=O) groups is 1. The highest BCUT2D eigenvalue weighted by Crippen LogP contribution is 2.28. The normalized spacial score (nSPS) is 21.7. The fraction of sp³-hybridized carbons (Fsp3) is 0.667. The van der Waals surface area contributed by atoms with E-state index in [1.54, 1.807) is 0 Å². The third-order valence-corrected chi connectivity index (χ3v) is 6.35. The number of amides is 1. The van der Waals surface area contributed by atoms with Crippen LogP contribution < -0.4 is 5.32 Å². The maximum Gasteiger partial charge on any atom is 0.290 e. The molecule has 1 saturated carbocycles. The molecular weight excluding hydrogens is 354 g/mol. The Morgan fingerprint density at radius 3 is 2.82 bits per heavy atom. The van der Waals surface area contributed by atoms with Crippen molar-refractivity contribution in [3.63, 3.8) is 0 Å². The van der Waals surface area contributed by atoms with Crippen LogP contribution in [-0.4, -0.2) is 44.9 Å². The molecule has 0 bridgehead atoms. The zero-order valence-electron chi connectivity index (χ0n) is 17.0. The molecule has 2 aromatic heterocycles. The molecule has 1 N–H and O–H groups in total. The summed E-state index contributed by atoms with van der Waals surface area (Å²) in [6.45, 7) is 5.03. The van der Waals surface area contributed by atoms with Gasteiger partial charge in [0.15, 0.2) is 0 Å². The molecule has 1 aliphatic heterocycles. The number of nitrogens with one attached hydrogen (secondary N) is 1. The molecule has 1 aliphatic carbocycles. The van der Waals surface area contributed by atoms with Crippen molar-refractivity contribution in [1.82, 2.24) is 25.2 Å². The predicted molar refractivity (Wildman–Crippen MR) is 106 cm³/mol. The van der Waals surface area contributed by atoms with Crippen LogP contribution in [0.15, 0.2) is 16.8 Å². The van der Waals surface area contributed by atoms with Crippen molar-refractivity contribution in [2.24, 2.45) is 7.05 Å². The Balaban J connectivity index is 1.36. The quantitative estimate of drug-likeness (QED) is 0.856. The van der Waals surface area contributed by atoms with E-state index in [0.29, 0.717) is 11.7 Å². The molecule has 0 radical (unpaired) electrons. The van der Waals surface area contributed by atoms with Gasteiger partial charge >= 0.3 is 0 Å². The molecule has 1 amide bonds. The lowest BCUT2D eigenvalue weighted by Gasteiger charge is -2.31. The van der Waals surface area contributed by atoms with Crippen molar-refractivity contribution < 1.29 is 9.32 Å². The van der Waals surface area contributed by atoms with E-state index in [9.17, 15) is 4.79 Å². The first-order valence-corrected chi connectivity index (χ1v) is 10.6. The van der Waals surface area contributed by atoms with Crippen LogP contribution in [0.25, 0.3) is 0 Å². The fourth-order valence-corrected chi connectivity index (χ4v) is 4.47. The summed E-state index contributed by atoms with van der Waals surface area (Å²) in [5.41, 5.74) is 3.39. The van der Waals surface area contributed by atoms with Crippen LogP contribution in [0.1, 0.15) is 78.4 Å². The lowest BCUT2D eigenvalue weighted by atomic mass is 9.94. The summed E-state index contributed by atoms with van der Waals surface area (Å²) in [4.78, 5) is 14.9. The van der Waals surface area contributed by atoms with Crippen molar-refractivity contribution in [1.29, 1.82) is 0 Å². The molecule has 0 spiro atoms. The van der Waals surface area contributed by atoms with Crippen LogP contribution in [0.5, 0.6) is 0 Å². The van der Waals surface area contributed by atoms with E-state index in [2.05, 4.69) is 27.4 Å². The maximum absolute atomic E-state index is 12.5. The number of carbonyl (C=O) groups excluding carboxylic acids is 1. The van der Waals surface area contributed by atoms with Crippen molar-refractivity contribution in [2.45, 2.75) is 70.4 Å². The first-order chi connectivity index (χ1) is 13.6. The van der Waals surface area contributed by atoms with Crippen LogP contribution in [-0.2, 0) is 13.6 Å². The van der Waals surface area contributed by atoms with Gasteiger partial charge in [0.25, 0.3) is 5.91 Å². The molecule has 28 heavy (non-hydrogen) atoms. The third kappa shape index (κ3) is 4.29. The van der Waals surface area contributed by atoms with E-state index in [-0.39, 0.29) is 11.9 Å². The summed E-state index contributed by atoms with van der Waals surface area (Å²) in [5.74, 6) is 0.538. The molecule has 1 unspecified atom stereocenters. The van der Waals surface area contributed by atoms with E-state index >= 15 is 0 Å². The molecule has 2 aliphatic rings. The fourth-order valence-electron chi connectivity index (χ4n) is 4.47. The number of nitrogens with zero attached hydrogens (tertiary/aromatic N) is 4. The second-order valence-electron chi connectivity index (χ2n) is 8.38. The Hall–Kier alpha value is -2.15. The van der Waals surface area contributed by atoms with Gasteiger partial charge in [-0.05, 0) is 39.2 Å². The number of likely N-dealkylation sites (tertiary alicyclic amines) is 1. The summed E-state index contributed by atoms with van der Waals surface area (Å²) in [6, 6.07) is 2.13. The molecule has 1 atom stereocenters. The van der Waals surface area contributed by atoms with Gasteiger partial charge in [-0.1, -0.05) is 24.4 Å². The maximum atomic E-state index is 12.5. The van der Waals surface area contributed by atoms with Crippen LogP contribution in [0, 0.1) is 6.92 Å². The van der Waals surface area contributed by atoms with Gasteiger partial charge in [-0.25, -0.2) is 0 Å². The van der Waals surface area contributed by atoms with Gasteiger partial charge in [0.1, 0.15) is 0 Å². The molecule has 2 aromatic rings. The van der Waals surface area contributed by atoms with Gasteiger partial charge in [0.2, 0.25) is 5.76 Å². The molecule has 7 nitrogen and oxygen atoms in total. The second kappa shape index (κ2) is 8.47. The Morgan fingerprint density at radius 2 is 2.07 bits per heavy atom. The van der Waals surface area contributed by atoms with Crippen molar-refractivity contribution >= 4 is 5.91 Å². The molecule has 2 fully saturated rings. The molecule has 4 rings (SSSR count). The second-order valence-corrected chi connectivity index (χ2v) is 8.38. The van der Waals surface area contributed by atoms with Gasteiger partial charge < -0.3 is 9.84 Å². The Labute approximate surface area is 166 Å². The summed E-state index contributed by atoms with van der Waals surface area (Å²) >= 11 is 0. The highest BCUT2D eigenvalue weighted by Gasteiger charge is 2.27. The minimum atomic E-state index is -0.121. The van der Waals surface area contributed by atoms with Crippen LogP contribution >= 0.6 is 0 Å². The summed E-state index contributed by atoms with van der Waals surface area (Å²) < 4.78 is 7.33. The number of hydrogen-bond acceptors (Lipinski definition) is 5. The topological polar surface area (TPSA) is 76.2 Å². The average molecular weight is 386 g/mol. The summed E-state index contributed by atoms with van der Waals surface area (Å²) in [5, 5.41) is 11.7. The van der Waals surface area contributed by atoms with Gasteiger partial charge in [-0.2, -0.15) is 5.10 Å². The van der Waals surface area contributed by atoms with E-state index in [1.165, 1.54) is 30.5 Å². The number of aryl methyl sites for hydroxylation is 1. The summed E-state index contributed by atoms with van der Waals surface area (Å²) in [7, 11) is 1.98. The van der Waals surface area contributed by atoms with Crippen LogP contribution in [0.3, 0.4) is 0 Å². The smallest absolute Gasteiger partial charge is 0.290 e. The van der Waals surface area contributed by atoms with Gasteiger partial charge in [0.05, 0.1) is 11.9 Å². The highest BCUT2D eigenvalue weighted by atomic mass is 16.5. The van der Waals surface area contributed by atoms with Gasteiger partial charge in [-0.3, -0.25) is 14.4 Å². The van der Waals surface area contributed by atoms with Crippen LogP contribution in [0.2, 0.25) is 0 Å². The first kappa shape index (κ1) is 19.2. The predicted octanol–water partition coefficient (Wildman–Crippen LogP) is 3.16. The van der Waals surface area contributed by atoms with E-state index in [1.807, 2.05) is 24.0 Å². The van der Waals surface area contributed by atoms with Crippen LogP contribution in [0.4, 0.5) is 0 Å². The Morgan fingerprint density at radius 1 is 1.25 bits per heavy atom. The molecule has 1 saturated heterocycles. The van der Waals surface area contributed by atoms with E-state index in [4.69, 9.17) is 4.52 Å². The molecule has 0 aromatic carbocycles. The van der Waals surface area contributed by atoms with Gasteiger partial charge in [-0.15, -0.1) is 0 Å². The first-order valence-electron chi connectivity index (χ1n) is 10.6. The van der Waals surface area contributed by atoms with Crippen molar-refractivity contribution in [3.8, 4) is 0 Å². The standard InChI is InChI=1S/C21H31N5O2/c1-15-17(12-22-25(15)2)14-26-10-6-7-16(13-26)19-11-20(28-24-19)21(27)23-18-8-4-3-5-9-18/h11-12,16,18H,3-10,13-14H2,1-2H3,(H,23,27). The molecule has 7 heteroatoms. The summed E-state index contributed by atoms with van der Waals surface area (Å²) in [6.07, 6.45) is 9.97. The average Bonchev–Trinajstić information content (AvgIpc) is 3.32. The van der Waals surface area contributed by atoms with E-state index in [0.717, 1.165) is 51.0 Å². The van der Waals surface area contributed by atoms with Gasteiger partial charge in [0, 0.05) is 49.4 Å². The Kier molecular flexibility index (Phi) is 5.80. The van der Waals surface area contributed by atoms with E-state index < -0.39 is 0 Å². The minimum Gasteiger partial charge on any atom is -0.351 e. The lowest BCUT2D eigenvalue weighted by molar-refractivity contribution is 0.0890. The zero-order valence-corrected chi connectivity index (χ0v) is 17.0. The highest BCUT2D eigenvalue weighted by molar-refractivity contribution is 5.91. The number of hydrogen-bond donors (Lipinski definition) is 1. The minimum absolute atomic E-state index is 0.121. The Bertz CT molecular complexity index is 806. The number of aromatic nitrogens is 3. The molecule has 3 heterocycles. The molecule has 152 valence electrons. The third-order valence-electron chi connectivity index (χ3n) is 6.35. The monoisotopic (exact) mass is 385 g/mol. The van der Waals surface area contributed by atoms with Crippen molar-refractivity contribution in [2.75, 3.05) is 13.1 Å². The zero-order chi connectivity index (χ0) is 19.5. The largest absolute Gasteiger partial charge is 0.351 e. The SMILES string of the molecule is Cc1c(CN2CCCC(c3cc(C(=O)NC4CCCCC4)on3)C2)cnn1C. The molecular formula is C21H31N5O2. The number of rotatable bonds is 5. The van der Waals surface area contributed by atoms with Crippen molar-refractivity contribution in [3.05, 3.63) is 35.0 Å².